The van der Waals surface area contributed by atoms with Crippen LogP contribution in [-0.2, 0) is 25.4 Å². The van der Waals surface area contributed by atoms with Crippen LogP contribution >= 0.6 is 0 Å². The fourth-order valence-electron chi connectivity index (χ4n) is 3.02. The summed E-state index contributed by atoms with van der Waals surface area (Å²) in [7, 11) is 4.28. The largest absolute Gasteiger partial charge is 0.468 e. The van der Waals surface area contributed by atoms with E-state index in [1.54, 1.807) is 0 Å². The number of hydrogen-bond donors (Lipinski definition) is 1. The van der Waals surface area contributed by atoms with Gasteiger partial charge in [-0.15, -0.1) is 0 Å². The molecule has 2 aromatic heterocycles. The lowest BCUT2D eigenvalue weighted by Gasteiger charge is -2.10. The number of anilines is 1. The van der Waals surface area contributed by atoms with E-state index in [0.717, 1.165) is 4.57 Å². The second kappa shape index (κ2) is 7.34. The van der Waals surface area contributed by atoms with Crippen LogP contribution in [0.4, 0.5) is 5.69 Å². The van der Waals surface area contributed by atoms with E-state index in [9.17, 15) is 14.4 Å². The van der Waals surface area contributed by atoms with Gasteiger partial charge in [0.2, 0.25) is 5.91 Å². The van der Waals surface area contributed by atoms with Crippen molar-refractivity contribution in [2.75, 3.05) is 12.4 Å². The number of amides is 1. The molecule has 0 aliphatic heterocycles. The van der Waals surface area contributed by atoms with Crippen LogP contribution in [-0.4, -0.2) is 31.7 Å². The fourth-order valence-corrected chi connectivity index (χ4v) is 3.02. The van der Waals surface area contributed by atoms with Gasteiger partial charge >= 0.3 is 5.69 Å². The molecule has 2 heterocycles. The van der Waals surface area contributed by atoms with Gasteiger partial charge in [0.15, 0.2) is 11.2 Å². The van der Waals surface area contributed by atoms with E-state index in [4.69, 9.17) is 4.74 Å². The second-order valence-corrected chi connectivity index (χ2v) is 6.89. The van der Waals surface area contributed by atoms with Gasteiger partial charge in [-0.25, -0.2) is 4.79 Å². The fraction of sp³-hybridized carbons (Fsp3) is 0.368. The Balaban J connectivity index is 1.96. The van der Waals surface area contributed by atoms with E-state index in [1.165, 1.54) is 35.9 Å². The average molecular weight is 385 g/mol. The highest BCUT2D eigenvalue weighted by Crippen LogP contribution is 2.19. The number of nitrogens with zero attached hydrogens (tertiary/aromatic N) is 4. The van der Waals surface area contributed by atoms with Crippen molar-refractivity contribution in [1.82, 2.24) is 18.7 Å². The normalized spacial score (nSPS) is 11.2. The molecule has 148 valence electrons. The second-order valence-electron chi connectivity index (χ2n) is 6.89. The summed E-state index contributed by atoms with van der Waals surface area (Å²) in [6, 6.07) is 7.66. The Hall–Kier alpha value is -3.36. The van der Waals surface area contributed by atoms with Crippen LogP contribution in [0, 0.1) is 0 Å². The lowest BCUT2D eigenvalue weighted by atomic mass is 10.0. The summed E-state index contributed by atoms with van der Waals surface area (Å²) >= 11 is 0. The van der Waals surface area contributed by atoms with Crippen molar-refractivity contribution < 1.29 is 9.53 Å². The molecule has 0 radical (unpaired) electrons. The highest BCUT2D eigenvalue weighted by atomic mass is 16.5. The molecule has 0 atom stereocenters. The van der Waals surface area contributed by atoms with Crippen molar-refractivity contribution in [3.63, 3.8) is 0 Å². The van der Waals surface area contributed by atoms with Gasteiger partial charge in [0.05, 0.1) is 7.11 Å². The summed E-state index contributed by atoms with van der Waals surface area (Å²) in [5, 5.41) is 2.80. The van der Waals surface area contributed by atoms with E-state index in [2.05, 4.69) is 24.1 Å². The first-order chi connectivity index (χ1) is 13.2. The molecule has 0 saturated heterocycles. The molecule has 3 aromatic rings. The summed E-state index contributed by atoms with van der Waals surface area (Å²) in [4.78, 5) is 41.5. The molecule has 0 bridgehead atoms. The van der Waals surface area contributed by atoms with E-state index >= 15 is 0 Å². The molecule has 0 aliphatic rings. The summed E-state index contributed by atoms with van der Waals surface area (Å²) in [5.41, 5.74) is 1.08. The maximum absolute atomic E-state index is 12.6. The Morgan fingerprint density at radius 3 is 2.36 bits per heavy atom. The maximum atomic E-state index is 12.6. The zero-order valence-corrected chi connectivity index (χ0v) is 16.5. The van der Waals surface area contributed by atoms with E-state index in [-0.39, 0.29) is 29.6 Å². The van der Waals surface area contributed by atoms with Crippen LogP contribution < -0.4 is 21.3 Å². The van der Waals surface area contributed by atoms with Gasteiger partial charge in [-0.1, -0.05) is 26.0 Å². The Labute approximate surface area is 161 Å². The highest BCUT2D eigenvalue weighted by Gasteiger charge is 2.21. The van der Waals surface area contributed by atoms with Crippen LogP contribution in [0.1, 0.15) is 25.3 Å². The van der Waals surface area contributed by atoms with Crippen molar-refractivity contribution >= 4 is 22.8 Å². The third-order valence-corrected chi connectivity index (χ3v) is 4.66. The van der Waals surface area contributed by atoms with Gasteiger partial charge in [0.1, 0.15) is 6.54 Å². The van der Waals surface area contributed by atoms with Gasteiger partial charge in [-0.2, -0.15) is 4.98 Å². The first-order valence-electron chi connectivity index (χ1n) is 8.84. The Kier molecular flexibility index (Phi) is 5.08. The molecule has 3 rings (SSSR count). The first kappa shape index (κ1) is 19.4. The molecule has 9 nitrogen and oxygen atoms in total. The quantitative estimate of drug-likeness (QED) is 0.711. The smallest absolute Gasteiger partial charge is 0.332 e. The van der Waals surface area contributed by atoms with E-state index in [1.807, 2.05) is 24.3 Å². The number of aryl methyl sites for hydroxylation is 1. The lowest BCUT2D eigenvalue weighted by molar-refractivity contribution is -0.116. The summed E-state index contributed by atoms with van der Waals surface area (Å²) in [6.45, 7) is 4.01. The summed E-state index contributed by atoms with van der Waals surface area (Å²) in [6.07, 6.45) is 0. The molecular weight excluding hydrogens is 362 g/mol. The Bertz CT molecular complexity index is 1150. The van der Waals surface area contributed by atoms with Crippen molar-refractivity contribution in [3.8, 4) is 6.01 Å². The van der Waals surface area contributed by atoms with E-state index < -0.39 is 11.2 Å². The highest BCUT2D eigenvalue weighted by molar-refractivity contribution is 5.91. The molecule has 1 N–H and O–H groups in total. The van der Waals surface area contributed by atoms with Gasteiger partial charge in [0, 0.05) is 19.8 Å². The number of hydrogen-bond acceptors (Lipinski definition) is 5. The van der Waals surface area contributed by atoms with Crippen molar-refractivity contribution in [1.29, 1.82) is 0 Å². The van der Waals surface area contributed by atoms with Gasteiger partial charge in [-0.05, 0) is 23.6 Å². The topological polar surface area (TPSA) is 100 Å². The molecule has 0 saturated carbocycles. The number of aromatic nitrogens is 4. The third kappa shape index (κ3) is 3.30. The van der Waals surface area contributed by atoms with Crippen LogP contribution in [0.3, 0.4) is 0 Å². The number of rotatable bonds is 5. The number of fused-ring (bicyclic) bond motifs is 1. The lowest BCUT2D eigenvalue weighted by Crippen LogP contribution is -2.37. The SMILES string of the molecule is COc1nc2c(c(=O)n(C)c(=O)n2C)n1CC(=O)Nc1ccc(C(C)C)cc1. The molecule has 9 heteroatoms. The number of carbonyl (C=O) groups is 1. The number of methoxy groups -OCH3 is 1. The molecule has 1 aromatic carbocycles. The predicted octanol–water partition coefficient (Wildman–Crippen LogP) is 1.20. The Morgan fingerprint density at radius 2 is 1.79 bits per heavy atom. The molecular formula is C19H23N5O4. The number of benzene rings is 1. The minimum Gasteiger partial charge on any atom is -0.468 e. The summed E-state index contributed by atoms with van der Waals surface area (Å²) in [5.74, 6) is 0.0555. The van der Waals surface area contributed by atoms with Gasteiger partial charge in [-0.3, -0.25) is 23.3 Å². The number of carbonyl (C=O) groups excluding carboxylic acids is 1. The minimum atomic E-state index is -0.539. The number of imidazole rings is 1. The van der Waals surface area contributed by atoms with Gasteiger partial charge in [0.25, 0.3) is 11.6 Å². The first-order valence-corrected chi connectivity index (χ1v) is 8.84. The summed E-state index contributed by atoms with van der Waals surface area (Å²) < 4.78 is 8.81. The van der Waals surface area contributed by atoms with Crippen LogP contribution in [0.25, 0.3) is 11.2 Å². The number of ether oxygens (including phenoxy) is 1. The predicted molar refractivity (Wildman–Crippen MR) is 106 cm³/mol. The number of nitrogens with one attached hydrogen (secondary N) is 1. The zero-order chi connectivity index (χ0) is 20.6. The molecule has 0 aliphatic carbocycles. The van der Waals surface area contributed by atoms with Gasteiger partial charge < -0.3 is 10.1 Å². The van der Waals surface area contributed by atoms with Crippen molar-refractivity contribution in [2.24, 2.45) is 14.1 Å². The molecule has 0 spiro atoms. The Morgan fingerprint density at radius 1 is 1.14 bits per heavy atom. The van der Waals surface area contributed by atoms with Crippen molar-refractivity contribution in [2.45, 2.75) is 26.3 Å². The zero-order valence-electron chi connectivity index (χ0n) is 16.5. The minimum absolute atomic E-state index is 0.0820. The van der Waals surface area contributed by atoms with Crippen molar-refractivity contribution in [3.05, 3.63) is 50.7 Å². The van der Waals surface area contributed by atoms with Crippen LogP contribution in [0.5, 0.6) is 6.01 Å². The molecule has 0 fully saturated rings. The maximum Gasteiger partial charge on any atom is 0.332 e. The average Bonchev–Trinajstić information content (AvgIpc) is 3.03. The van der Waals surface area contributed by atoms with E-state index in [0.29, 0.717) is 11.6 Å². The molecule has 28 heavy (non-hydrogen) atoms. The van der Waals surface area contributed by atoms with Crippen LogP contribution in [0.15, 0.2) is 33.9 Å². The molecule has 1 amide bonds. The van der Waals surface area contributed by atoms with Crippen LogP contribution in [0.2, 0.25) is 0 Å². The molecule has 0 unspecified atom stereocenters. The third-order valence-electron chi connectivity index (χ3n) is 4.66. The standard InChI is InChI=1S/C19H23N5O4/c1-11(2)12-6-8-13(9-7-12)20-14(25)10-24-15-16(21-18(24)28-5)22(3)19(27)23(4)17(15)26/h6-9,11H,10H2,1-5H3,(H,20,25). The monoisotopic (exact) mass is 385 g/mol.